The Morgan fingerprint density at radius 2 is 1.95 bits per heavy atom. The number of likely N-dealkylation sites (tertiary alicyclic amines) is 1. The van der Waals surface area contributed by atoms with Crippen molar-refractivity contribution in [3.05, 3.63) is 58.9 Å². The summed E-state index contributed by atoms with van der Waals surface area (Å²) in [6.45, 7) is 9.01. The molecule has 1 saturated heterocycles. The molecule has 3 atom stereocenters. The SMILES string of the molecule is CCCC1CC(NC(=O)c2ccc(C(F)(F)F)cn2)CC(C)N1Cc1ccc(OCCCCN(C)C)c(C)c1. The van der Waals surface area contributed by atoms with Crippen LogP contribution in [0.2, 0.25) is 0 Å². The number of carbonyl (C=O) groups excluding carboxylic acids is 1. The second kappa shape index (κ2) is 14.1. The molecule has 1 aliphatic heterocycles. The van der Waals surface area contributed by atoms with Gasteiger partial charge < -0.3 is 15.0 Å². The van der Waals surface area contributed by atoms with E-state index in [2.05, 4.69) is 73.2 Å². The van der Waals surface area contributed by atoms with Gasteiger partial charge in [0.25, 0.3) is 5.91 Å². The number of halogens is 3. The minimum atomic E-state index is -4.48. The number of aromatic nitrogens is 1. The van der Waals surface area contributed by atoms with E-state index in [0.29, 0.717) is 12.8 Å². The molecular formula is C30H43F3N4O2. The number of hydrogen-bond donors (Lipinski definition) is 1. The Kier molecular flexibility index (Phi) is 11.2. The summed E-state index contributed by atoms with van der Waals surface area (Å²) in [5, 5.41) is 3.02. The number of carbonyl (C=O) groups is 1. The maximum atomic E-state index is 12.8. The van der Waals surface area contributed by atoms with Gasteiger partial charge in [0.1, 0.15) is 11.4 Å². The number of nitrogens with one attached hydrogen (secondary N) is 1. The van der Waals surface area contributed by atoms with Crippen LogP contribution >= 0.6 is 0 Å². The first-order chi connectivity index (χ1) is 18.5. The largest absolute Gasteiger partial charge is 0.493 e. The summed E-state index contributed by atoms with van der Waals surface area (Å²) in [7, 11) is 4.16. The summed E-state index contributed by atoms with van der Waals surface area (Å²) in [5.41, 5.74) is 1.50. The smallest absolute Gasteiger partial charge is 0.417 e. The average Bonchev–Trinajstić information content (AvgIpc) is 2.86. The van der Waals surface area contributed by atoms with Crippen molar-refractivity contribution in [3.8, 4) is 5.75 Å². The van der Waals surface area contributed by atoms with Gasteiger partial charge >= 0.3 is 6.18 Å². The lowest BCUT2D eigenvalue weighted by molar-refractivity contribution is -0.137. The van der Waals surface area contributed by atoms with Crippen LogP contribution < -0.4 is 10.1 Å². The topological polar surface area (TPSA) is 57.7 Å². The third kappa shape index (κ3) is 9.21. The van der Waals surface area contributed by atoms with Crippen LogP contribution in [0.3, 0.4) is 0 Å². The molecule has 0 aliphatic carbocycles. The summed E-state index contributed by atoms with van der Waals surface area (Å²) < 4.78 is 44.5. The van der Waals surface area contributed by atoms with Gasteiger partial charge in [-0.1, -0.05) is 25.5 Å². The molecule has 0 spiro atoms. The number of alkyl halides is 3. The molecule has 0 radical (unpaired) electrons. The number of benzene rings is 1. The Labute approximate surface area is 230 Å². The van der Waals surface area contributed by atoms with E-state index in [4.69, 9.17) is 4.74 Å². The van der Waals surface area contributed by atoms with Crippen LogP contribution in [0.4, 0.5) is 13.2 Å². The zero-order valence-electron chi connectivity index (χ0n) is 23.9. The summed E-state index contributed by atoms with van der Waals surface area (Å²) in [6.07, 6.45) is 1.95. The first-order valence-corrected chi connectivity index (χ1v) is 13.9. The highest BCUT2D eigenvalue weighted by Gasteiger charge is 2.34. The molecule has 1 aromatic heterocycles. The molecule has 0 bridgehead atoms. The van der Waals surface area contributed by atoms with E-state index < -0.39 is 17.6 Å². The standard InChI is InChI=1S/C30H43F3N4O2/c1-6-9-26-18-25(35-29(38)27-12-11-24(19-34-27)30(31,32)33)17-22(3)37(26)20-23-10-13-28(21(2)16-23)39-15-8-7-14-36(4)5/h10-13,16,19,22,25-26H,6-9,14-15,17-18,20H2,1-5H3,(H,35,38). The van der Waals surface area contributed by atoms with Crippen molar-refractivity contribution >= 4 is 5.91 Å². The van der Waals surface area contributed by atoms with Crippen molar-refractivity contribution in [2.24, 2.45) is 0 Å². The number of hydrogen-bond acceptors (Lipinski definition) is 5. The molecule has 1 fully saturated rings. The maximum Gasteiger partial charge on any atom is 0.417 e. The van der Waals surface area contributed by atoms with Crippen LogP contribution in [-0.2, 0) is 12.7 Å². The van der Waals surface area contributed by atoms with Gasteiger partial charge in [0.05, 0.1) is 12.2 Å². The quantitative estimate of drug-likeness (QED) is 0.326. The third-order valence-electron chi connectivity index (χ3n) is 7.36. The molecule has 1 aliphatic rings. The van der Waals surface area contributed by atoms with Crippen molar-refractivity contribution in [3.63, 3.8) is 0 Å². The molecule has 6 nitrogen and oxygen atoms in total. The zero-order valence-corrected chi connectivity index (χ0v) is 23.9. The summed E-state index contributed by atoms with van der Waals surface area (Å²) in [4.78, 5) is 21.2. The van der Waals surface area contributed by atoms with Crippen LogP contribution in [0.25, 0.3) is 0 Å². The van der Waals surface area contributed by atoms with Crippen LogP contribution in [0.5, 0.6) is 5.75 Å². The van der Waals surface area contributed by atoms with E-state index in [9.17, 15) is 18.0 Å². The van der Waals surface area contributed by atoms with Gasteiger partial charge in [-0.2, -0.15) is 13.2 Å². The highest BCUT2D eigenvalue weighted by atomic mass is 19.4. The number of ether oxygens (including phenoxy) is 1. The molecule has 9 heteroatoms. The molecule has 1 aromatic carbocycles. The number of piperidine rings is 1. The second-order valence-corrected chi connectivity index (χ2v) is 11.0. The molecule has 1 amide bonds. The van der Waals surface area contributed by atoms with E-state index in [1.165, 1.54) is 5.56 Å². The van der Waals surface area contributed by atoms with Gasteiger partial charge in [0.2, 0.25) is 0 Å². The molecular weight excluding hydrogens is 505 g/mol. The Hall–Kier alpha value is -2.65. The third-order valence-corrected chi connectivity index (χ3v) is 7.36. The fraction of sp³-hybridized carbons (Fsp3) is 0.600. The molecule has 2 heterocycles. The van der Waals surface area contributed by atoms with Crippen molar-refractivity contribution in [1.29, 1.82) is 0 Å². The molecule has 3 rings (SSSR count). The van der Waals surface area contributed by atoms with E-state index in [-0.39, 0.29) is 23.8 Å². The van der Waals surface area contributed by atoms with Crippen molar-refractivity contribution < 1.29 is 22.7 Å². The molecule has 216 valence electrons. The predicted molar refractivity (Wildman–Crippen MR) is 148 cm³/mol. The molecule has 3 unspecified atom stereocenters. The maximum absolute atomic E-state index is 12.8. The fourth-order valence-corrected chi connectivity index (χ4v) is 5.34. The van der Waals surface area contributed by atoms with Gasteiger partial charge in [-0.15, -0.1) is 0 Å². The molecule has 1 N–H and O–H groups in total. The number of unbranched alkanes of at least 4 members (excludes halogenated alkanes) is 1. The molecule has 0 saturated carbocycles. The highest BCUT2D eigenvalue weighted by Crippen LogP contribution is 2.30. The second-order valence-electron chi connectivity index (χ2n) is 11.0. The predicted octanol–water partition coefficient (Wildman–Crippen LogP) is 6.08. The first-order valence-electron chi connectivity index (χ1n) is 13.9. The van der Waals surface area contributed by atoms with E-state index in [1.54, 1.807) is 0 Å². The van der Waals surface area contributed by atoms with Gasteiger partial charge in [-0.3, -0.25) is 14.7 Å². The number of aryl methyl sites for hydroxylation is 1. The minimum absolute atomic E-state index is 0.000563. The van der Waals surface area contributed by atoms with Crippen molar-refractivity contribution in [2.45, 2.75) is 90.1 Å². The van der Waals surface area contributed by atoms with Crippen LogP contribution in [0.1, 0.15) is 79.6 Å². The van der Waals surface area contributed by atoms with Gasteiger partial charge in [-0.05, 0) is 95.9 Å². The first kappa shape index (κ1) is 30.9. The van der Waals surface area contributed by atoms with Crippen molar-refractivity contribution in [1.82, 2.24) is 20.1 Å². The van der Waals surface area contributed by atoms with Crippen LogP contribution in [-0.4, -0.2) is 66.1 Å². The Bertz CT molecular complexity index is 1060. The lowest BCUT2D eigenvalue weighted by Crippen LogP contribution is -2.53. The van der Waals surface area contributed by atoms with Gasteiger partial charge in [0.15, 0.2) is 0 Å². The summed E-state index contributed by atoms with van der Waals surface area (Å²) in [6, 6.07) is 8.91. The van der Waals surface area contributed by atoms with Gasteiger partial charge in [0, 0.05) is 30.9 Å². The molecule has 39 heavy (non-hydrogen) atoms. The Morgan fingerprint density at radius 1 is 1.18 bits per heavy atom. The lowest BCUT2D eigenvalue weighted by atomic mass is 9.88. The molecule has 2 aromatic rings. The van der Waals surface area contributed by atoms with E-state index in [0.717, 1.165) is 75.1 Å². The Morgan fingerprint density at radius 3 is 2.56 bits per heavy atom. The van der Waals surface area contributed by atoms with Crippen molar-refractivity contribution in [2.75, 3.05) is 27.2 Å². The highest BCUT2D eigenvalue weighted by molar-refractivity contribution is 5.92. The zero-order chi connectivity index (χ0) is 28.6. The Balaban J connectivity index is 1.58. The number of nitrogens with zero attached hydrogens (tertiary/aromatic N) is 3. The van der Waals surface area contributed by atoms with E-state index >= 15 is 0 Å². The number of amides is 1. The van der Waals surface area contributed by atoms with Gasteiger partial charge in [-0.25, -0.2) is 0 Å². The lowest BCUT2D eigenvalue weighted by Gasteiger charge is -2.44. The number of rotatable bonds is 12. The summed E-state index contributed by atoms with van der Waals surface area (Å²) in [5.74, 6) is 0.498. The average molecular weight is 549 g/mol. The monoisotopic (exact) mass is 548 g/mol. The number of pyridine rings is 1. The fourth-order valence-electron chi connectivity index (χ4n) is 5.34. The minimum Gasteiger partial charge on any atom is -0.493 e. The van der Waals surface area contributed by atoms with Crippen LogP contribution in [0.15, 0.2) is 36.5 Å². The van der Waals surface area contributed by atoms with Crippen LogP contribution in [0, 0.1) is 6.92 Å². The summed E-state index contributed by atoms with van der Waals surface area (Å²) >= 11 is 0. The normalized spacial score (nSPS) is 20.3. The van der Waals surface area contributed by atoms with E-state index in [1.807, 2.05) is 0 Å².